The van der Waals surface area contributed by atoms with Gasteiger partial charge in [-0.3, -0.25) is 13.9 Å². The predicted molar refractivity (Wildman–Crippen MR) is 84.2 cm³/mol. The molecule has 1 heterocycles. The minimum absolute atomic E-state index is 0.173. The van der Waals surface area contributed by atoms with Gasteiger partial charge in [0.15, 0.2) is 5.96 Å². The summed E-state index contributed by atoms with van der Waals surface area (Å²) in [5.41, 5.74) is 1.08. The molecule has 1 unspecified atom stereocenters. The Bertz CT molecular complexity index is 475. The van der Waals surface area contributed by atoms with Gasteiger partial charge in [-0.2, -0.15) is 5.10 Å². The summed E-state index contributed by atoms with van der Waals surface area (Å²) in [6.45, 7) is 7.24. The van der Waals surface area contributed by atoms with E-state index in [0.29, 0.717) is 24.8 Å². The quantitative estimate of drug-likeness (QED) is 0.618. The Morgan fingerprint density at radius 1 is 1.45 bits per heavy atom. The second kappa shape index (κ2) is 7.42. The minimum atomic E-state index is -0.852. The van der Waals surface area contributed by atoms with Gasteiger partial charge in [0.2, 0.25) is 0 Å². The van der Waals surface area contributed by atoms with E-state index in [1.165, 1.54) is 0 Å². The summed E-state index contributed by atoms with van der Waals surface area (Å²) in [6, 6.07) is 1.95. The van der Waals surface area contributed by atoms with E-state index in [0.717, 1.165) is 5.69 Å². The lowest BCUT2D eigenvalue weighted by Gasteiger charge is -2.18. The van der Waals surface area contributed by atoms with Gasteiger partial charge in [0, 0.05) is 48.1 Å². The van der Waals surface area contributed by atoms with Crippen LogP contribution in [-0.2, 0) is 24.4 Å². The zero-order valence-corrected chi connectivity index (χ0v) is 13.8. The van der Waals surface area contributed by atoms with Crippen LogP contribution in [0, 0.1) is 0 Å². The van der Waals surface area contributed by atoms with Gasteiger partial charge >= 0.3 is 0 Å². The summed E-state index contributed by atoms with van der Waals surface area (Å²) in [6.07, 6.45) is 1.76. The van der Waals surface area contributed by atoms with Crippen LogP contribution >= 0.6 is 0 Å². The molecule has 0 aliphatic carbocycles. The van der Waals surface area contributed by atoms with Gasteiger partial charge in [-0.05, 0) is 26.8 Å². The maximum atomic E-state index is 11.9. The summed E-state index contributed by atoms with van der Waals surface area (Å²) >= 11 is 0. The van der Waals surface area contributed by atoms with Gasteiger partial charge in [0.25, 0.3) is 0 Å². The normalized spacial score (nSPS) is 14.2. The number of aliphatic imine (C=N–C) groups is 1. The average Bonchev–Trinajstić information content (AvgIpc) is 2.77. The fourth-order valence-corrected chi connectivity index (χ4v) is 2.44. The van der Waals surface area contributed by atoms with Crippen LogP contribution in [0.3, 0.4) is 0 Å². The molecule has 0 amide bonds. The van der Waals surface area contributed by atoms with Crippen LogP contribution in [0.4, 0.5) is 0 Å². The monoisotopic (exact) mass is 299 g/mol. The van der Waals surface area contributed by atoms with E-state index < -0.39 is 10.8 Å². The fraction of sp³-hybridized carbons (Fsp3) is 0.692. The number of guanidine groups is 1. The van der Waals surface area contributed by atoms with Crippen LogP contribution in [0.1, 0.15) is 26.5 Å². The maximum absolute atomic E-state index is 11.9. The molecule has 6 nitrogen and oxygen atoms in total. The van der Waals surface area contributed by atoms with E-state index in [2.05, 4.69) is 20.7 Å². The Labute approximate surface area is 123 Å². The molecule has 0 saturated carbocycles. The van der Waals surface area contributed by atoms with Crippen molar-refractivity contribution in [1.29, 1.82) is 0 Å². The lowest BCUT2D eigenvalue weighted by atomic mass is 10.3. The van der Waals surface area contributed by atoms with Crippen molar-refractivity contribution >= 4 is 16.8 Å². The number of hydrogen-bond acceptors (Lipinski definition) is 3. The zero-order valence-electron chi connectivity index (χ0n) is 12.9. The third kappa shape index (κ3) is 5.32. The molecule has 20 heavy (non-hydrogen) atoms. The van der Waals surface area contributed by atoms with Crippen LogP contribution in [-0.4, -0.2) is 44.0 Å². The first-order valence-electron chi connectivity index (χ1n) is 6.64. The van der Waals surface area contributed by atoms with Crippen molar-refractivity contribution in [2.24, 2.45) is 12.0 Å². The lowest BCUT2D eigenvalue weighted by Crippen LogP contribution is -2.40. The van der Waals surface area contributed by atoms with E-state index >= 15 is 0 Å². The number of rotatable bonds is 5. The summed E-state index contributed by atoms with van der Waals surface area (Å²) in [5.74, 6) is 1.31. The van der Waals surface area contributed by atoms with Crippen LogP contribution in [0.2, 0.25) is 0 Å². The number of aryl methyl sites for hydroxylation is 1. The molecule has 7 heteroatoms. The Balaban J connectivity index is 2.34. The lowest BCUT2D eigenvalue weighted by molar-refractivity contribution is 0.646. The predicted octanol–water partition coefficient (Wildman–Crippen LogP) is 0.632. The highest BCUT2D eigenvalue weighted by molar-refractivity contribution is 7.86. The third-order valence-corrected chi connectivity index (χ3v) is 4.79. The highest BCUT2D eigenvalue weighted by Gasteiger charge is 2.18. The number of aromatic nitrogens is 2. The molecule has 1 aromatic rings. The fourth-order valence-electron chi connectivity index (χ4n) is 1.54. The highest BCUT2D eigenvalue weighted by atomic mass is 32.2. The largest absolute Gasteiger partial charge is 0.355 e. The molecule has 0 spiro atoms. The van der Waals surface area contributed by atoms with Crippen LogP contribution in [0.15, 0.2) is 17.3 Å². The Kier molecular flexibility index (Phi) is 6.19. The van der Waals surface area contributed by atoms with Crippen molar-refractivity contribution in [3.05, 3.63) is 18.0 Å². The first-order valence-corrected chi connectivity index (χ1v) is 7.96. The molecule has 0 radical (unpaired) electrons. The standard InChI is InChI=1S/C13H25N5OS/c1-13(2,3)20(19)9-8-15-12(14-4)16-10-11-6-7-17-18(11)5/h6-7H,8-10H2,1-5H3,(H2,14,15,16). The second-order valence-corrected chi connectivity index (χ2v) is 7.78. The maximum Gasteiger partial charge on any atom is 0.191 e. The Hall–Kier alpha value is -1.37. The zero-order chi connectivity index (χ0) is 15.2. The van der Waals surface area contributed by atoms with Gasteiger partial charge in [0.05, 0.1) is 12.2 Å². The van der Waals surface area contributed by atoms with Crippen LogP contribution in [0.5, 0.6) is 0 Å². The Morgan fingerprint density at radius 2 is 2.15 bits per heavy atom. The average molecular weight is 299 g/mol. The van der Waals surface area contributed by atoms with E-state index in [9.17, 15) is 4.21 Å². The highest BCUT2D eigenvalue weighted by Crippen LogP contribution is 2.10. The molecule has 114 valence electrons. The van der Waals surface area contributed by atoms with Crippen LogP contribution < -0.4 is 10.6 Å². The van der Waals surface area contributed by atoms with Gasteiger partial charge in [-0.1, -0.05) is 0 Å². The van der Waals surface area contributed by atoms with E-state index in [1.54, 1.807) is 13.2 Å². The summed E-state index contributed by atoms with van der Waals surface area (Å²) in [4.78, 5) is 4.14. The molecule has 0 bridgehead atoms. The molecule has 1 atom stereocenters. The number of nitrogens with zero attached hydrogens (tertiary/aromatic N) is 3. The van der Waals surface area contributed by atoms with Crippen molar-refractivity contribution in [3.8, 4) is 0 Å². The van der Waals surface area contributed by atoms with Crippen LogP contribution in [0.25, 0.3) is 0 Å². The number of hydrogen-bond donors (Lipinski definition) is 2. The molecule has 2 N–H and O–H groups in total. The van der Waals surface area contributed by atoms with Gasteiger partial charge in [-0.25, -0.2) is 0 Å². The molecule has 0 aliphatic rings. The summed E-state index contributed by atoms with van der Waals surface area (Å²) in [7, 11) is 2.77. The first kappa shape index (κ1) is 16.7. The van der Waals surface area contributed by atoms with Crippen molar-refractivity contribution in [2.45, 2.75) is 32.1 Å². The topological polar surface area (TPSA) is 71.3 Å². The molecular formula is C13H25N5OS. The molecule has 0 aromatic carbocycles. The Morgan fingerprint density at radius 3 is 2.65 bits per heavy atom. The SMILES string of the molecule is CN=C(NCCS(=O)C(C)(C)C)NCc1ccnn1C. The smallest absolute Gasteiger partial charge is 0.191 e. The second-order valence-electron chi connectivity index (χ2n) is 5.46. The van der Waals surface area contributed by atoms with E-state index in [1.807, 2.05) is 38.6 Å². The molecule has 1 aromatic heterocycles. The van der Waals surface area contributed by atoms with Crippen molar-refractivity contribution in [1.82, 2.24) is 20.4 Å². The van der Waals surface area contributed by atoms with Crippen molar-refractivity contribution in [2.75, 3.05) is 19.3 Å². The molecule has 0 aliphatic heterocycles. The van der Waals surface area contributed by atoms with E-state index in [-0.39, 0.29) is 4.75 Å². The van der Waals surface area contributed by atoms with Crippen molar-refractivity contribution in [3.63, 3.8) is 0 Å². The van der Waals surface area contributed by atoms with Gasteiger partial charge in [-0.15, -0.1) is 0 Å². The molecule has 1 rings (SSSR count). The molecular weight excluding hydrogens is 274 g/mol. The van der Waals surface area contributed by atoms with Gasteiger partial charge < -0.3 is 10.6 Å². The summed E-state index contributed by atoms with van der Waals surface area (Å²) < 4.78 is 13.6. The third-order valence-electron chi connectivity index (χ3n) is 2.85. The molecule has 0 fully saturated rings. The number of nitrogens with one attached hydrogen (secondary N) is 2. The van der Waals surface area contributed by atoms with E-state index in [4.69, 9.17) is 0 Å². The van der Waals surface area contributed by atoms with Crippen molar-refractivity contribution < 1.29 is 4.21 Å². The first-order chi connectivity index (χ1) is 9.34. The van der Waals surface area contributed by atoms with Gasteiger partial charge in [0.1, 0.15) is 0 Å². The minimum Gasteiger partial charge on any atom is -0.355 e. The summed E-state index contributed by atoms with van der Waals surface area (Å²) in [5, 5.41) is 10.5. The molecule has 0 saturated heterocycles.